The Bertz CT molecular complexity index is 969. The predicted molar refractivity (Wildman–Crippen MR) is 109 cm³/mol. The molecular formula is C24H24N2O3. The van der Waals surface area contributed by atoms with Gasteiger partial charge in [0.1, 0.15) is 5.60 Å². The van der Waals surface area contributed by atoms with E-state index in [0.29, 0.717) is 19.6 Å². The van der Waals surface area contributed by atoms with Crippen LogP contribution < -0.4 is 5.32 Å². The highest BCUT2D eigenvalue weighted by molar-refractivity contribution is 5.93. The number of carbonyl (C=O) groups is 2. The summed E-state index contributed by atoms with van der Waals surface area (Å²) in [6, 6.07) is 18.0. The van der Waals surface area contributed by atoms with Gasteiger partial charge in [-0.1, -0.05) is 72.3 Å². The van der Waals surface area contributed by atoms with E-state index in [1.54, 1.807) is 0 Å². The van der Waals surface area contributed by atoms with E-state index in [9.17, 15) is 9.59 Å². The number of amides is 2. The molecule has 4 atom stereocenters. The summed E-state index contributed by atoms with van der Waals surface area (Å²) in [6.45, 7) is 3.54. The minimum absolute atomic E-state index is 0.0114. The van der Waals surface area contributed by atoms with Gasteiger partial charge in [0.05, 0.1) is 24.5 Å². The number of hydrogen-bond acceptors (Lipinski definition) is 3. The highest BCUT2D eigenvalue weighted by Gasteiger charge is 2.66. The average Bonchev–Trinajstić information content (AvgIpc) is 3.37. The first kappa shape index (κ1) is 18.1. The standard InChI is InChI=1S/C24H24N2O3/c1-16-7-9-18(10-8-16)14-26-15-24-12-11-19(29-24)20(21(24)23(26)28)22(27)25-13-17-5-3-2-4-6-17/h2-12,19-21H,13-15H2,1H3,(H,25,27). The largest absolute Gasteiger partial charge is 0.360 e. The summed E-state index contributed by atoms with van der Waals surface area (Å²) < 4.78 is 6.19. The first-order valence-corrected chi connectivity index (χ1v) is 10.1. The molecule has 5 nitrogen and oxygen atoms in total. The lowest BCUT2D eigenvalue weighted by atomic mass is 9.77. The van der Waals surface area contributed by atoms with Gasteiger partial charge in [0.2, 0.25) is 11.8 Å². The van der Waals surface area contributed by atoms with Crippen molar-refractivity contribution in [3.63, 3.8) is 0 Å². The Balaban J connectivity index is 1.32. The zero-order valence-corrected chi connectivity index (χ0v) is 16.4. The number of ether oxygens (including phenoxy) is 1. The molecule has 0 radical (unpaired) electrons. The predicted octanol–water partition coefficient (Wildman–Crippen LogP) is 2.59. The third-order valence-corrected chi connectivity index (χ3v) is 6.29. The summed E-state index contributed by atoms with van der Waals surface area (Å²) in [5.74, 6) is -1.02. The van der Waals surface area contributed by atoms with Gasteiger partial charge in [0.15, 0.2) is 0 Å². The summed E-state index contributed by atoms with van der Waals surface area (Å²) in [4.78, 5) is 28.1. The number of rotatable bonds is 5. The fourth-order valence-corrected chi connectivity index (χ4v) is 4.83. The van der Waals surface area contributed by atoms with Crippen LogP contribution >= 0.6 is 0 Å². The van der Waals surface area contributed by atoms with E-state index in [0.717, 1.165) is 11.1 Å². The molecule has 0 aromatic heterocycles. The lowest BCUT2D eigenvalue weighted by molar-refractivity contribution is -0.137. The number of fused-ring (bicyclic) bond motifs is 1. The van der Waals surface area contributed by atoms with Crippen LogP contribution in [-0.2, 0) is 27.4 Å². The van der Waals surface area contributed by atoms with Gasteiger partial charge in [0.25, 0.3) is 0 Å². The number of hydrogen-bond donors (Lipinski definition) is 1. The number of nitrogens with one attached hydrogen (secondary N) is 1. The molecule has 2 saturated heterocycles. The Morgan fingerprint density at radius 1 is 1.14 bits per heavy atom. The van der Waals surface area contributed by atoms with Crippen LogP contribution in [0.2, 0.25) is 0 Å². The SMILES string of the molecule is Cc1ccc(CN2CC34C=CC(O3)C(C(=O)NCc3ccccc3)C4C2=O)cc1. The summed E-state index contributed by atoms with van der Waals surface area (Å²) in [6.07, 6.45) is 3.63. The molecule has 2 aromatic rings. The fourth-order valence-electron chi connectivity index (χ4n) is 4.83. The summed E-state index contributed by atoms with van der Waals surface area (Å²) in [7, 11) is 0. The molecule has 3 aliphatic rings. The Hall–Kier alpha value is -2.92. The molecule has 2 aromatic carbocycles. The molecule has 4 unspecified atom stereocenters. The monoisotopic (exact) mass is 388 g/mol. The molecule has 2 bridgehead atoms. The topological polar surface area (TPSA) is 58.6 Å². The number of carbonyl (C=O) groups excluding carboxylic acids is 2. The van der Waals surface area contributed by atoms with Crippen molar-refractivity contribution >= 4 is 11.8 Å². The molecule has 0 saturated carbocycles. The van der Waals surface area contributed by atoms with Gasteiger partial charge < -0.3 is 15.0 Å². The second-order valence-corrected chi connectivity index (χ2v) is 8.28. The maximum Gasteiger partial charge on any atom is 0.230 e. The van der Waals surface area contributed by atoms with Crippen LogP contribution in [0.5, 0.6) is 0 Å². The molecule has 1 spiro atoms. The van der Waals surface area contributed by atoms with E-state index in [1.807, 2.05) is 66.4 Å². The van der Waals surface area contributed by atoms with Crippen molar-refractivity contribution < 1.29 is 14.3 Å². The van der Waals surface area contributed by atoms with Crippen LogP contribution in [-0.4, -0.2) is 35.0 Å². The molecule has 29 heavy (non-hydrogen) atoms. The Labute approximate surface area is 170 Å². The van der Waals surface area contributed by atoms with E-state index in [2.05, 4.69) is 17.4 Å². The normalized spacial score (nSPS) is 29.3. The summed E-state index contributed by atoms with van der Waals surface area (Å²) in [5.41, 5.74) is 2.65. The maximum absolute atomic E-state index is 13.3. The summed E-state index contributed by atoms with van der Waals surface area (Å²) in [5, 5.41) is 3.00. The van der Waals surface area contributed by atoms with Gasteiger partial charge in [0, 0.05) is 13.1 Å². The van der Waals surface area contributed by atoms with E-state index >= 15 is 0 Å². The van der Waals surface area contributed by atoms with Gasteiger partial charge in [-0.3, -0.25) is 9.59 Å². The molecule has 3 heterocycles. The maximum atomic E-state index is 13.3. The first-order chi connectivity index (χ1) is 14.1. The second kappa shape index (κ2) is 6.85. The van der Waals surface area contributed by atoms with Crippen LogP contribution in [0.25, 0.3) is 0 Å². The first-order valence-electron chi connectivity index (χ1n) is 10.1. The van der Waals surface area contributed by atoms with Crippen molar-refractivity contribution in [2.24, 2.45) is 11.8 Å². The molecule has 5 rings (SSSR count). The number of likely N-dealkylation sites (tertiary alicyclic amines) is 1. The van der Waals surface area contributed by atoms with Crippen LogP contribution in [0.15, 0.2) is 66.7 Å². The quantitative estimate of drug-likeness (QED) is 0.801. The van der Waals surface area contributed by atoms with Crippen LogP contribution in [0, 0.1) is 18.8 Å². The van der Waals surface area contributed by atoms with E-state index in [-0.39, 0.29) is 17.9 Å². The third kappa shape index (κ3) is 3.06. The van der Waals surface area contributed by atoms with Gasteiger partial charge in [-0.05, 0) is 18.1 Å². The Morgan fingerprint density at radius 2 is 1.90 bits per heavy atom. The molecule has 5 heteroatoms. The molecular weight excluding hydrogens is 364 g/mol. The zero-order valence-electron chi connectivity index (χ0n) is 16.4. The van der Waals surface area contributed by atoms with Gasteiger partial charge >= 0.3 is 0 Å². The third-order valence-electron chi connectivity index (χ3n) is 6.29. The van der Waals surface area contributed by atoms with Crippen LogP contribution in [0.4, 0.5) is 0 Å². The van der Waals surface area contributed by atoms with Gasteiger partial charge in [-0.2, -0.15) is 0 Å². The highest BCUT2D eigenvalue weighted by atomic mass is 16.5. The highest BCUT2D eigenvalue weighted by Crippen LogP contribution is 2.52. The van der Waals surface area contributed by atoms with Crippen molar-refractivity contribution in [2.75, 3.05) is 6.54 Å². The molecule has 2 fully saturated rings. The summed E-state index contributed by atoms with van der Waals surface area (Å²) >= 11 is 0. The molecule has 3 aliphatic heterocycles. The lowest BCUT2D eigenvalue weighted by Gasteiger charge is -2.23. The fraction of sp³-hybridized carbons (Fsp3) is 0.333. The number of benzene rings is 2. The van der Waals surface area contributed by atoms with Gasteiger partial charge in [-0.15, -0.1) is 0 Å². The number of nitrogens with zero attached hydrogens (tertiary/aromatic N) is 1. The van der Waals surface area contributed by atoms with Crippen molar-refractivity contribution in [3.8, 4) is 0 Å². The molecule has 148 valence electrons. The Kier molecular flexibility index (Phi) is 4.28. The zero-order chi connectivity index (χ0) is 20.0. The van der Waals surface area contributed by atoms with E-state index in [1.165, 1.54) is 5.56 Å². The second-order valence-electron chi connectivity index (χ2n) is 8.28. The smallest absolute Gasteiger partial charge is 0.230 e. The average molecular weight is 388 g/mol. The van der Waals surface area contributed by atoms with Crippen molar-refractivity contribution in [2.45, 2.75) is 31.7 Å². The molecule has 1 N–H and O–H groups in total. The lowest BCUT2D eigenvalue weighted by Crippen LogP contribution is -2.43. The van der Waals surface area contributed by atoms with Crippen molar-refractivity contribution in [3.05, 3.63) is 83.4 Å². The van der Waals surface area contributed by atoms with Crippen molar-refractivity contribution in [1.29, 1.82) is 0 Å². The van der Waals surface area contributed by atoms with Crippen molar-refractivity contribution in [1.82, 2.24) is 10.2 Å². The van der Waals surface area contributed by atoms with E-state index in [4.69, 9.17) is 4.74 Å². The van der Waals surface area contributed by atoms with Crippen LogP contribution in [0.1, 0.15) is 16.7 Å². The molecule has 2 amide bonds. The van der Waals surface area contributed by atoms with Crippen LogP contribution in [0.3, 0.4) is 0 Å². The minimum Gasteiger partial charge on any atom is -0.360 e. The van der Waals surface area contributed by atoms with E-state index < -0.39 is 17.4 Å². The molecule has 0 aliphatic carbocycles. The minimum atomic E-state index is -0.665. The van der Waals surface area contributed by atoms with Gasteiger partial charge in [-0.25, -0.2) is 0 Å². The Morgan fingerprint density at radius 3 is 2.66 bits per heavy atom. The number of aryl methyl sites for hydroxylation is 1.